The van der Waals surface area contributed by atoms with Crippen LogP contribution in [0.5, 0.6) is 0 Å². The minimum absolute atomic E-state index is 0.280. The van der Waals surface area contributed by atoms with Crippen molar-refractivity contribution < 1.29 is 13.7 Å². The summed E-state index contributed by atoms with van der Waals surface area (Å²) in [5, 5.41) is 10.6. The lowest BCUT2D eigenvalue weighted by Gasteiger charge is -2.09. The van der Waals surface area contributed by atoms with Gasteiger partial charge >= 0.3 is 0 Å². The molecule has 1 N–H and O–H groups in total. The summed E-state index contributed by atoms with van der Waals surface area (Å²) >= 11 is 0. The number of hydrogen-bond acceptors (Lipinski definition) is 4. The Morgan fingerprint density at radius 1 is 1.26 bits per heavy atom. The molecule has 1 amide bonds. The minimum Gasteiger partial charge on any atom is -0.360 e. The monoisotopic (exact) mass is 419 g/mol. The van der Waals surface area contributed by atoms with E-state index in [2.05, 4.69) is 22.2 Å². The van der Waals surface area contributed by atoms with E-state index in [1.807, 2.05) is 30.8 Å². The van der Waals surface area contributed by atoms with Crippen molar-refractivity contribution in [2.75, 3.05) is 5.32 Å². The van der Waals surface area contributed by atoms with Crippen LogP contribution in [0.25, 0.3) is 17.2 Å². The van der Waals surface area contributed by atoms with E-state index in [9.17, 15) is 9.18 Å². The Morgan fingerprint density at radius 2 is 2.06 bits per heavy atom. The Hall–Kier alpha value is -3.94. The number of anilines is 1. The van der Waals surface area contributed by atoms with Crippen molar-refractivity contribution in [3.05, 3.63) is 83.4 Å². The largest absolute Gasteiger partial charge is 0.360 e. The first-order valence-corrected chi connectivity index (χ1v) is 9.70. The van der Waals surface area contributed by atoms with Crippen molar-refractivity contribution in [1.82, 2.24) is 19.5 Å². The van der Waals surface area contributed by atoms with E-state index in [1.54, 1.807) is 42.2 Å². The van der Waals surface area contributed by atoms with Gasteiger partial charge in [-0.1, -0.05) is 29.9 Å². The highest BCUT2D eigenvalue weighted by Crippen LogP contribution is 2.25. The predicted octanol–water partition coefficient (Wildman–Crippen LogP) is 4.58. The molecule has 0 fully saturated rings. The molecule has 0 unspecified atom stereocenters. The van der Waals surface area contributed by atoms with Gasteiger partial charge in [-0.05, 0) is 25.5 Å². The van der Waals surface area contributed by atoms with Crippen LogP contribution in [0, 0.1) is 19.7 Å². The number of aromatic nitrogens is 4. The van der Waals surface area contributed by atoms with E-state index < -0.39 is 0 Å². The smallest absolute Gasteiger partial charge is 0.259 e. The van der Waals surface area contributed by atoms with Gasteiger partial charge in [0.2, 0.25) is 0 Å². The van der Waals surface area contributed by atoms with Crippen LogP contribution in [-0.2, 0) is 13.6 Å². The van der Waals surface area contributed by atoms with Crippen LogP contribution in [0.3, 0.4) is 0 Å². The van der Waals surface area contributed by atoms with E-state index in [4.69, 9.17) is 4.52 Å². The molecule has 0 atom stereocenters. The van der Waals surface area contributed by atoms with Gasteiger partial charge in [0.05, 0.1) is 18.3 Å². The first-order valence-electron chi connectivity index (χ1n) is 9.70. The van der Waals surface area contributed by atoms with E-state index in [0.717, 1.165) is 16.8 Å². The molecule has 4 aromatic rings. The molecule has 0 aliphatic heterocycles. The highest BCUT2D eigenvalue weighted by atomic mass is 19.1. The molecule has 8 heteroatoms. The lowest BCUT2D eigenvalue weighted by molar-refractivity contribution is 0.102. The van der Waals surface area contributed by atoms with Gasteiger partial charge in [-0.3, -0.25) is 9.48 Å². The number of carbonyl (C=O) groups is 1. The number of nitrogens with one attached hydrogen (secondary N) is 1. The molecular weight excluding hydrogens is 397 g/mol. The van der Waals surface area contributed by atoms with E-state index in [1.165, 1.54) is 6.07 Å². The summed E-state index contributed by atoms with van der Waals surface area (Å²) in [7, 11) is 1.82. The molecule has 1 aromatic carbocycles. The number of halogens is 1. The highest BCUT2D eigenvalue weighted by Gasteiger charge is 2.19. The maximum Gasteiger partial charge on any atom is 0.259 e. The molecule has 3 heterocycles. The summed E-state index contributed by atoms with van der Waals surface area (Å²) in [4.78, 5) is 12.8. The van der Waals surface area contributed by atoms with Crippen LogP contribution in [0.4, 0.5) is 10.2 Å². The molecule has 0 spiro atoms. The van der Waals surface area contributed by atoms with Crippen molar-refractivity contribution in [3.63, 3.8) is 0 Å². The number of rotatable bonds is 6. The second kappa shape index (κ2) is 8.06. The van der Waals surface area contributed by atoms with E-state index in [-0.39, 0.29) is 18.3 Å². The Kier molecular flexibility index (Phi) is 5.29. The first kappa shape index (κ1) is 20.3. The summed E-state index contributed by atoms with van der Waals surface area (Å²) in [6, 6.07) is 6.75. The number of hydrogen-bond donors (Lipinski definition) is 1. The molecule has 0 saturated heterocycles. The zero-order valence-corrected chi connectivity index (χ0v) is 17.5. The maximum absolute atomic E-state index is 14.8. The van der Waals surface area contributed by atoms with Crippen molar-refractivity contribution in [2.24, 2.45) is 7.05 Å². The summed E-state index contributed by atoms with van der Waals surface area (Å²) in [5.41, 5.74) is 4.05. The van der Waals surface area contributed by atoms with Crippen molar-refractivity contribution in [3.8, 4) is 11.1 Å². The van der Waals surface area contributed by atoms with Gasteiger partial charge in [-0.15, -0.1) is 0 Å². The zero-order valence-electron chi connectivity index (χ0n) is 17.5. The average molecular weight is 419 g/mol. The van der Waals surface area contributed by atoms with Crippen molar-refractivity contribution in [2.45, 2.75) is 20.4 Å². The van der Waals surface area contributed by atoms with Crippen molar-refractivity contribution in [1.29, 1.82) is 0 Å². The van der Waals surface area contributed by atoms with Crippen LogP contribution in [0.15, 0.2) is 54.0 Å². The van der Waals surface area contributed by atoms with Crippen molar-refractivity contribution >= 4 is 17.8 Å². The summed E-state index contributed by atoms with van der Waals surface area (Å²) in [6.07, 6.45) is 6.85. The van der Waals surface area contributed by atoms with Crippen LogP contribution in [0.2, 0.25) is 0 Å². The lowest BCUT2D eigenvalue weighted by Crippen LogP contribution is -2.12. The topological polar surface area (TPSA) is 77.9 Å². The van der Waals surface area contributed by atoms with E-state index in [0.29, 0.717) is 28.3 Å². The SMILES string of the molecule is C=Cc1c(C(=O)Nc2cc(C)on2)cn(Cc2ccc(-c3cnn(C)c3)cc2F)c1C. The van der Waals surface area contributed by atoms with Crippen LogP contribution < -0.4 is 5.32 Å². The third-order valence-corrected chi connectivity index (χ3v) is 5.15. The molecule has 7 nitrogen and oxygen atoms in total. The molecule has 3 aromatic heterocycles. The van der Waals surface area contributed by atoms with Gasteiger partial charge < -0.3 is 14.4 Å². The van der Waals surface area contributed by atoms with Gasteiger partial charge in [-0.25, -0.2) is 4.39 Å². The molecule has 4 rings (SSSR count). The second-order valence-electron chi connectivity index (χ2n) is 7.36. The van der Waals surface area contributed by atoms with Gasteiger partial charge in [0.25, 0.3) is 5.91 Å². The summed E-state index contributed by atoms with van der Waals surface area (Å²) in [6.45, 7) is 7.72. The molecule has 0 aliphatic rings. The molecule has 0 saturated carbocycles. The lowest BCUT2D eigenvalue weighted by atomic mass is 10.1. The van der Waals surface area contributed by atoms with E-state index >= 15 is 0 Å². The molecule has 0 bridgehead atoms. The molecule has 0 radical (unpaired) electrons. The Labute approximate surface area is 178 Å². The highest BCUT2D eigenvalue weighted by molar-refractivity contribution is 6.06. The van der Waals surface area contributed by atoms with Gasteiger partial charge in [0.15, 0.2) is 5.82 Å². The van der Waals surface area contributed by atoms with Gasteiger partial charge in [-0.2, -0.15) is 5.10 Å². The zero-order chi connectivity index (χ0) is 22.1. The number of amides is 1. The fourth-order valence-electron chi connectivity index (χ4n) is 3.49. The summed E-state index contributed by atoms with van der Waals surface area (Å²) in [5.74, 6) is 0.272. The van der Waals surface area contributed by atoms with Crippen LogP contribution in [0.1, 0.15) is 32.9 Å². The van der Waals surface area contributed by atoms with Crippen LogP contribution >= 0.6 is 0 Å². The minimum atomic E-state index is -0.336. The molecular formula is C23H22FN5O2. The quantitative estimate of drug-likeness (QED) is 0.496. The number of aryl methyl sites for hydroxylation is 2. The number of carbonyl (C=O) groups excluding carboxylic acids is 1. The standard InChI is InChI=1S/C23H22FN5O2/c1-5-19-15(3)29(13-20(19)23(30)26-22-8-14(2)31-27-22)12-17-7-6-16(9-21(17)24)18-10-25-28(4)11-18/h5-11,13H,1,12H2,2-4H3,(H,26,27,30). The number of nitrogens with zero attached hydrogens (tertiary/aromatic N) is 4. The number of benzene rings is 1. The molecule has 0 aliphatic carbocycles. The second-order valence-corrected chi connectivity index (χ2v) is 7.36. The Balaban J connectivity index is 1.60. The fraction of sp³-hybridized carbons (Fsp3) is 0.174. The third-order valence-electron chi connectivity index (χ3n) is 5.15. The normalized spacial score (nSPS) is 11.0. The van der Waals surface area contributed by atoms with Gasteiger partial charge in [0.1, 0.15) is 11.6 Å². The van der Waals surface area contributed by atoms with Gasteiger partial charge in [0, 0.05) is 47.9 Å². The Morgan fingerprint density at radius 3 is 2.68 bits per heavy atom. The average Bonchev–Trinajstić information content (AvgIpc) is 3.43. The summed E-state index contributed by atoms with van der Waals surface area (Å²) < 4.78 is 23.3. The fourth-order valence-corrected chi connectivity index (χ4v) is 3.49. The molecule has 31 heavy (non-hydrogen) atoms. The Bertz CT molecular complexity index is 1280. The first-order chi connectivity index (χ1) is 14.9. The molecule has 158 valence electrons. The predicted molar refractivity (Wildman–Crippen MR) is 116 cm³/mol. The maximum atomic E-state index is 14.8. The van der Waals surface area contributed by atoms with Crippen LogP contribution in [-0.4, -0.2) is 25.4 Å². The third kappa shape index (κ3) is 4.05.